The summed E-state index contributed by atoms with van der Waals surface area (Å²) in [6.07, 6.45) is 1.97. The molecule has 2 rings (SSSR count). The lowest BCUT2D eigenvalue weighted by Crippen LogP contribution is -2.24. The van der Waals surface area contributed by atoms with Gasteiger partial charge in [-0.05, 0) is 45.0 Å². The molecule has 0 radical (unpaired) electrons. The van der Waals surface area contributed by atoms with Crippen LogP contribution >= 0.6 is 0 Å². The van der Waals surface area contributed by atoms with Gasteiger partial charge in [0.15, 0.2) is 0 Å². The van der Waals surface area contributed by atoms with Gasteiger partial charge in [-0.1, -0.05) is 18.2 Å². The lowest BCUT2D eigenvalue weighted by atomic mass is 10.1. The molecule has 0 aliphatic heterocycles. The van der Waals surface area contributed by atoms with Crippen molar-refractivity contribution in [3.05, 3.63) is 54.2 Å². The second kappa shape index (κ2) is 4.69. The van der Waals surface area contributed by atoms with E-state index < -0.39 is 0 Å². The first-order chi connectivity index (χ1) is 8.48. The number of hydrogen-bond donors (Lipinski definition) is 1. The van der Waals surface area contributed by atoms with Crippen LogP contribution in [0.1, 0.15) is 31.1 Å². The highest BCUT2D eigenvalue weighted by molar-refractivity contribution is 6.03. The van der Waals surface area contributed by atoms with E-state index in [0.29, 0.717) is 5.56 Å². The van der Waals surface area contributed by atoms with Gasteiger partial charge in [0, 0.05) is 17.3 Å². The number of hydrogen-bond acceptors (Lipinski definition) is 1. The minimum atomic E-state index is -0.0835. The lowest BCUT2D eigenvalue weighted by molar-refractivity contribution is 0.102. The Bertz CT molecular complexity index is 535. The first-order valence-corrected chi connectivity index (χ1v) is 6.03. The molecule has 18 heavy (non-hydrogen) atoms. The molecule has 0 bridgehead atoms. The van der Waals surface area contributed by atoms with E-state index in [9.17, 15) is 4.79 Å². The standard InChI is InChI=1S/C15H18N2O/c1-15(2,3)17-11-7-10-13(17)16-14(18)12-8-5-4-6-9-12/h4-11H,1-3H3,(H,16,18). The Hall–Kier alpha value is -2.03. The number of nitrogens with one attached hydrogen (secondary N) is 1. The Morgan fingerprint density at radius 1 is 1.06 bits per heavy atom. The molecule has 1 heterocycles. The number of benzene rings is 1. The molecule has 3 heteroatoms. The zero-order chi connectivity index (χ0) is 13.2. The van der Waals surface area contributed by atoms with Crippen LogP contribution in [0.4, 0.5) is 5.82 Å². The molecule has 0 atom stereocenters. The molecule has 0 saturated carbocycles. The van der Waals surface area contributed by atoms with E-state index in [1.165, 1.54) is 0 Å². The SMILES string of the molecule is CC(C)(C)n1cccc1NC(=O)c1ccccc1. The van der Waals surface area contributed by atoms with Gasteiger partial charge in [0.05, 0.1) is 0 Å². The van der Waals surface area contributed by atoms with Gasteiger partial charge in [-0.3, -0.25) is 4.79 Å². The van der Waals surface area contributed by atoms with E-state index in [2.05, 4.69) is 26.1 Å². The van der Waals surface area contributed by atoms with Crippen LogP contribution in [-0.2, 0) is 5.54 Å². The van der Waals surface area contributed by atoms with E-state index in [1.54, 1.807) is 12.1 Å². The molecule has 1 aromatic heterocycles. The van der Waals surface area contributed by atoms with Crippen LogP contribution in [0, 0.1) is 0 Å². The van der Waals surface area contributed by atoms with Crippen LogP contribution in [0.15, 0.2) is 48.7 Å². The van der Waals surface area contributed by atoms with Gasteiger partial charge in [-0.25, -0.2) is 0 Å². The maximum absolute atomic E-state index is 12.1. The Balaban J connectivity index is 2.21. The van der Waals surface area contributed by atoms with Crippen molar-refractivity contribution in [3.8, 4) is 0 Å². The molecular formula is C15H18N2O. The lowest BCUT2D eigenvalue weighted by Gasteiger charge is -2.24. The van der Waals surface area contributed by atoms with Crippen molar-refractivity contribution in [2.24, 2.45) is 0 Å². The molecular weight excluding hydrogens is 224 g/mol. The molecule has 0 aliphatic carbocycles. The predicted molar refractivity (Wildman–Crippen MR) is 73.8 cm³/mol. The second-order valence-electron chi connectivity index (χ2n) is 5.25. The zero-order valence-electron chi connectivity index (χ0n) is 11.0. The Labute approximate surface area is 107 Å². The molecule has 0 unspecified atom stereocenters. The second-order valence-corrected chi connectivity index (χ2v) is 5.25. The number of carbonyl (C=O) groups excluding carboxylic acids is 1. The van der Waals surface area contributed by atoms with E-state index in [0.717, 1.165) is 5.82 Å². The molecule has 0 aliphatic rings. The van der Waals surface area contributed by atoms with Crippen molar-refractivity contribution < 1.29 is 4.79 Å². The molecule has 94 valence electrons. The average molecular weight is 242 g/mol. The van der Waals surface area contributed by atoms with Crippen LogP contribution in [0.3, 0.4) is 0 Å². The van der Waals surface area contributed by atoms with E-state index in [-0.39, 0.29) is 11.4 Å². The van der Waals surface area contributed by atoms with Crippen LogP contribution in [-0.4, -0.2) is 10.5 Å². The molecule has 1 N–H and O–H groups in total. The van der Waals surface area contributed by atoms with Gasteiger partial charge in [0.25, 0.3) is 5.91 Å². The van der Waals surface area contributed by atoms with Crippen LogP contribution in [0.2, 0.25) is 0 Å². The van der Waals surface area contributed by atoms with Gasteiger partial charge >= 0.3 is 0 Å². The van der Waals surface area contributed by atoms with Crippen molar-refractivity contribution in [1.29, 1.82) is 0 Å². The van der Waals surface area contributed by atoms with Gasteiger partial charge in [0.2, 0.25) is 0 Å². The number of carbonyl (C=O) groups is 1. The van der Waals surface area contributed by atoms with Crippen molar-refractivity contribution in [2.45, 2.75) is 26.3 Å². The fraction of sp³-hybridized carbons (Fsp3) is 0.267. The largest absolute Gasteiger partial charge is 0.329 e. The first kappa shape index (κ1) is 12.4. The fourth-order valence-corrected chi connectivity index (χ4v) is 1.85. The smallest absolute Gasteiger partial charge is 0.256 e. The number of anilines is 1. The molecule has 1 aromatic carbocycles. The number of rotatable bonds is 2. The van der Waals surface area contributed by atoms with Crippen molar-refractivity contribution in [3.63, 3.8) is 0 Å². The van der Waals surface area contributed by atoms with Gasteiger partial charge < -0.3 is 9.88 Å². The summed E-state index contributed by atoms with van der Waals surface area (Å²) in [5.41, 5.74) is 0.613. The summed E-state index contributed by atoms with van der Waals surface area (Å²) < 4.78 is 2.05. The van der Waals surface area contributed by atoms with Gasteiger partial charge in [0.1, 0.15) is 5.82 Å². The highest BCUT2D eigenvalue weighted by Gasteiger charge is 2.17. The summed E-state index contributed by atoms with van der Waals surface area (Å²) in [5, 5.41) is 2.94. The molecule has 0 fully saturated rings. The van der Waals surface area contributed by atoms with Crippen molar-refractivity contribution >= 4 is 11.7 Å². The summed E-state index contributed by atoms with van der Waals surface area (Å²) in [7, 11) is 0. The molecule has 2 aromatic rings. The highest BCUT2D eigenvalue weighted by Crippen LogP contribution is 2.21. The third-order valence-corrected chi connectivity index (χ3v) is 2.75. The average Bonchev–Trinajstić information content (AvgIpc) is 2.78. The molecule has 0 spiro atoms. The Morgan fingerprint density at radius 2 is 1.72 bits per heavy atom. The zero-order valence-corrected chi connectivity index (χ0v) is 11.0. The summed E-state index contributed by atoms with van der Waals surface area (Å²) in [4.78, 5) is 12.1. The third kappa shape index (κ3) is 2.62. The van der Waals surface area contributed by atoms with E-state index >= 15 is 0 Å². The summed E-state index contributed by atoms with van der Waals surface area (Å²) in [6, 6.07) is 13.1. The summed E-state index contributed by atoms with van der Waals surface area (Å²) in [5.74, 6) is 0.733. The Morgan fingerprint density at radius 3 is 2.33 bits per heavy atom. The van der Waals surface area contributed by atoms with E-state index in [1.807, 2.05) is 41.1 Å². The first-order valence-electron chi connectivity index (χ1n) is 6.03. The maximum Gasteiger partial charge on any atom is 0.256 e. The number of amides is 1. The summed E-state index contributed by atoms with van der Waals surface area (Å²) >= 11 is 0. The minimum absolute atomic E-state index is 0.0528. The number of nitrogens with zero attached hydrogens (tertiary/aromatic N) is 1. The molecule has 0 saturated heterocycles. The maximum atomic E-state index is 12.1. The summed E-state index contributed by atoms with van der Waals surface area (Å²) in [6.45, 7) is 6.31. The monoisotopic (exact) mass is 242 g/mol. The van der Waals surface area contributed by atoms with Crippen LogP contribution < -0.4 is 5.32 Å². The van der Waals surface area contributed by atoms with Crippen LogP contribution in [0.5, 0.6) is 0 Å². The molecule has 1 amide bonds. The predicted octanol–water partition coefficient (Wildman–Crippen LogP) is 3.50. The van der Waals surface area contributed by atoms with Gasteiger partial charge in [-0.15, -0.1) is 0 Å². The van der Waals surface area contributed by atoms with Gasteiger partial charge in [-0.2, -0.15) is 0 Å². The third-order valence-electron chi connectivity index (χ3n) is 2.75. The number of aromatic nitrogens is 1. The normalized spacial score (nSPS) is 11.3. The fourth-order valence-electron chi connectivity index (χ4n) is 1.85. The van der Waals surface area contributed by atoms with Crippen molar-refractivity contribution in [1.82, 2.24) is 4.57 Å². The molecule has 3 nitrogen and oxygen atoms in total. The topological polar surface area (TPSA) is 34.0 Å². The van der Waals surface area contributed by atoms with Crippen LogP contribution in [0.25, 0.3) is 0 Å². The van der Waals surface area contributed by atoms with E-state index in [4.69, 9.17) is 0 Å². The highest BCUT2D eigenvalue weighted by atomic mass is 16.1. The quantitative estimate of drug-likeness (QED) is 0.859. The van der Waals surface area contributed by atoms with Crippen molar-refractivity contribution in [2.75, 3.05) is 5.32 Å². The minimum Gasteiger partial charge on any atom is -0.329 e. The Kier molecular flexibility index (Phi) is 3.24.